The van der Waals surface area contributed by atoms with Gasteiger partial charge in [0.05, 0.1) is 0 Å². The van der Waals surface area contributed by atoms with Gasteiger partial charge in [0.15, 0.2) is 6.10 Å². The first-order valence-corrected chi connectivity index (χ1v) is 4.83. The minimum atomic E-state index is -4.63. The molecule has 0 aliphatic rings. The fourth-order valence-electron chi connectivity index (χ4n) is 0.945. The molecule has 0 fully saturated rings. The summed E-state index contributed by atoms with van der Waals surface area (Å²) >= 11 is 0. The second-order valence-corrected chi connectivity index (χ2v) is 3.86. The van der Waals surface area contributed by atoms with Crippen LogP contribution in [0.15, 0.2) is 0 Å². The third-order valence-electron chi connectivity index (χ3n) is 2.02. The van der Waals surface area contributed by atoms with Crippen molar-refractivity contribution in [1.82, 2.24) is 10.2 Å². The predicted molar refractivity (Wildman–Crippen MR) is 52.8 cm³/mol. The maximum Gasteiger partial charge on any atom is 0.415 e. The number of aliphatic hydroxyl groups is 1. The van der Waals surface area contributed by atoms with E-state index in [4.69, 9.17) is 5.11 Å². The minimum Gasteiger partial charge on any atom is -0.382 e. The number of nitrogens with zero attached hydrogens (tertiary/aromatic N) is 1. The van der Waals surface area contributed by atoms with Crippen molar-refractivity contribution >= 4 is 5.91 Å². The highest BCUT2D eigenvalue weighted by Crippen LogP contribution is 2.19. The third kappa shape index (κ3) is 5.92. The molecule has 16 heavy (non-hydrogen) atoms. The van der Waals surface area contributed by atoms with E-state index in [1.807, 2.05) is 0 Å². The number of hydrogen-bond acceptors (Lipinski definition) is 3. The average Bonchev–Trinajstić information content (AvgIpc) is 2.12. The highest BCUT2D eigenvalue weighted by Gasteiger charge is 2.37. The van der Waals surface area contributed by atoms with E-state index in [-0.39, 0.29) is 12.3 Å². The van der Waals surface area contributed by atoms with E-state index in [1.54, 1.807) is 21.0 Å². The third-order valence-corrected chi connectivity index (χ3v) is 2.02. The van der Waals surface area contributed by atoms with Gasteiger partial charge >= 0.3 is 6.18 Å². The van der Waals surface area contributed by atoms with Crippen molar-refractivity contribution in [3.8, 4) is 0 Å². The summed E-state index contributed by atoms with van der Waals surface area (Å²) in [5.41, 5.74) is 0. The van der Waals surface area contributed by atoms with E-state index in [2.05, 4.69) is 5.32 Å². The monoisotopic (exact) mass is 242 g/mol. The van der Waals surface area contributed by atoms with Gasteiger partial charge in [-0.05, 0) is 6.92 Å². The summed E-state index contributed by atoms with van der Waals surface area (Å²) in [5.74, 6) is -0.179. The van der Waals surface area contributed by atoms with Crippen LogP contribution in [0.5, 0.6) is 0 Å². The van der Waals surface area contributed by atoms with E-state index in [0.717, 1.165) is 0 Å². The molecule has 0 rings (SSSR count). The van der Waals surface area contributed by atoms with Crippen molar-refractivity contribution in [2.75, 3.05) is 20.6 Å². The first kappa shape index (κ1) is 15.2. The largest absolute Gasteiger partial charge is 0.415 e. The Morgan fingerprint density at radius 2 is 1.94 bits per heavy atom. The normalized spacial score (nSPS) is 15.7. The maximum atomic E-state index is 11.9. The molecule has 0 aliphatic carbocycles. The zero-order chi connectivity index (χ0) is 12.9. The summed E-state index contributed by atoms with van der Waals surface area (Å²) in [7, 11) is 3.14. The highest BCUT2D eigenvalue weighted by atomic mass is 19.4. The number of amides is 1. The predicted octanol–water partition coefficient (Wildman–Crippen LogP) is 0.366. The molecule has 1 amide bonds. The summed E-state index contributed by atoms with van der Waals surface area (Å²) in [6.45, 7) is 0.982. The number of nitrogens with one attached hydrogen (secondary N) is 1. The number of carbonyl (C=O) groups is 1. The molecule has 96 valence electrons. The minimum absolute atomic E-state index is 0.0948. The number of aliphatic hydroxyl groups excluding tert-OH is 1. The molecule has 0 radical (unpaired) electrons. The van der Waals surface area contributed by atoms with E-state index in [9.17, 15) is 18.0 Å². The summed E-state index contributed by atoms with van der Waals surface area (Å²) in [6.07, 6.45) is -6.93. The molecule has 0 heterocycles. The average molecular weight is 242 g/mol. The Morgan fingerprint density at radius 1 is 1.44 bits per heavy atom. The standard InChI is InChI=1S/C9H17F3N2O2/c1-6(4-8(16)14(2)3)13-5-7(15)9(10,11)12/h6-7,13,15H,4-5H2,1-3H3. The molecule has 0 spiro atoms. The second-order valence-electron chi connectivity index (χ2n) is 3.86. The van der Waals surface area contributed by atoms with Crippen LogP contribution in [0.3, 0.4) is 0 Å². The van der Waals surface area contributed by atoms with Crippen molar-refractivity contribution in [3.05, 3.63) is 0 Å². The van der Waals surface area contributed by atoms with E-state index < -0.39 is 24.9 Å². The second kappa shape index (κ2) is 6.05. The molecule has 0 bridgehead atoms. The van der Waals surface area contributed by atoms with Crippen LogP contribution in [-0.2, 0) is 4.79 Å². The Kier molecular flexibility index (Phi) is 5.74. The molecular formula is C9H17F3N2O2. The van der Waals surface area contributed by atoms with Crippen molar-refractivity contribution in [2.24, 2.45) is 0 Å². The quantitative estimate of drug-likeness (QED) is 0.732. The lowest BCUT2D eigenvalue weighted by atomic mass is 10.2. The lowest BCUT2D eigenvalue weighted by molar-refractivity contribution is -0.202. The molecule has 2 unspecified atom stereocenters. The first-order chi connectivity index (χ1) is 7.14. The fourth-order valence-corrected chi connectivity index (χ4v) is 0.945. The molecule has 7 heteroatoms. The Bertz CT molecular complexity index is 231. The van der Waals surface area contributed by atoms with Crippen LogP contribution in [0, 0.1) is 0 Å². The topological polar surface area (TPSA) is 52.6 Å². The molecule has 0 aromatic heterocycles. The SMILES string of the molecule is CC(CC(=O)N(C)C)NCC(O)C(F)(F)F. The molecule has 0 saturated heterocycles. The molecule has 0 aromatic rings. The summed E-state index contributed by atoms with van der Waals surface area (Å²) in [6, 6.07) is -0.410. The van der Waals surface area contributed by atoms with Gasteiger partial charge in [-0.25, -0.2) is 0 Å². The van der Waals surface area contributed by atoms with Gasteiger partial charge in [-0.15, -0.1) is 0 Å². The number of hydrogen-bond donors (Lipinski definition) is 2. The number of alkyl halides is 3. The number of halogens is 3. The van der Waals surface area contributed by atoms with Crippen LogP contribution < -0.4 is 5.32 Å². The summed E-state index contributed by atoms with van der Waals surface area (Å²) in [4.78, 5) is 12.6. The smallest absolute Gasteiger partial charge is 0.382 e. The van der Waals surface area contributed by atoms with E-state index in [0.29, 0.717) is 0 Å². The molecule has 0 saturated carbocycles. The zero-order valence-corrected chi connectivity index (χ0v) is 9.51. The molecular weight excluding hydrogens is 225 g/mol. The van der Waals surface area contributed by atoms with Crippen LogP contribution in [0.2, 0.25) is 0 Å². The lowest BCUT2D eigenvalue weighted by Gasteiger charge is -2.19. The van der Waals surface area contributed by atoms with E-state index in [1.165, 1.54) is 4.90 Å². The molecule has 2 atom stereocenters. The van der Waals surface area contributed by atoms with Crippen LogP contribution in [0.1, 0.15) is 13.3 Å². The lowest BCUT2D eigenvalue weighted by Crippen LogP contribution is -2.42. The van der Waals surface area contributed by atoms with Gasteiger partial charge in [0.25, 0.3) is 0 Å². The number of rotatable bonds is 5. The first-order valence-electron chi connectivity index (χ1n) is 4.83. The van der Waals surface area contributed by atoms with Crippen LogP contribution >= 0.6 is 0 Å². The van der Waals surface area contributed by atoms with Gasteiger partial charge in [0.2, 0.25) is 5.91 Å². The molecule has 4 nitrogen and oxygen atoms in total. The van der Waals surface area contributed by atoms with Crippen molar-refractivity contribution < 1.29 is 23.1 Å². The van der Waals surface area contributed by atoms with Crippen LogP contribution in [-0.4, -0.2) is 54.9 Å². The van der Waals surface area contributed by atoms with Gasteiger partial charge in [-0.3, -0.25) is 4.79 Å². The van der Waals surface area contributed by atoms with Crippen LogP contribution in [0.25, 0.3) is 0 Å². The maximum absolute atomic E-state index is 11.9. The van der Waals surface area contributed by atoms with Gasteiger partial charge < -0.3 is 15.3 Å². The van der Waals surface area contributed by atoms with Crippen LogP contribution in [0.4, 0.5) is 13.2 Å². The highest BCUT2D eigenvalue weighted by molar-refractivity contribution is 5.76. The van der Waals surface area contributed by atoms with Crippen molar-refractivity contribution in [1.29, 1.82) is 0 Å². The molecule has 2 N–H and O–H groups in total. The molecule has 0 aromatic carbocycles. The Hall–Kier alpha value is -0.820. The van der Waals surface area contributed by atoms with Gasteiger partial charge in [-0.2, -0.15) is 13.2 Å². The Labute approximate surface area is 92.4 Å². The molecule has 0 aliphatic heterocycles. The number of carbonyl (C=O) groups excluding carboxylic acids is 1. The van der Waals surface area contributed by atoms with E-state index >= 15 is 0 Å². The van der Waals surface area contributed by atoms with Gasteiger partial charge in [0, 0.05) is 33.1 Å². The van der Waals surface area contributed by atoms with Crippen molar-refractivity contribution in [3.63, 3.8) is 0 Å². The summed E-state index contributed by atoms with van der Waals surface area (Å²) in [5, 5.41) is 11.2. The summed E-state index contributed by atoms with van der Waals surface area (Å²) < 4.78 is 35.8. The Balaban J connectivity index is 3.90. The van der Waals surface area contributed by atoms with Gasteiger partial charge in [-0.1, -0.05) is 0 Å². The van der Waals surface area contributed by atoms with Crippen molar-refractivity contribution in [2.45, 2.75) is 31.7 Å². The fraction of sp³-hybridized carbons (Fsp3) is 0.889. The zero-order valence-electron chi connectivity index (χ0n) is 9.51. The Morgan fingerprint density at radius 3 is 2.31 bits per heavy atom. The van der Waals surface area contributed by atoms with Gasteiger partial charge in [0.1, 0.15) is 0 Å².